The van der Waals surface area contributed by atoms with Gasteiger partial charge in [0.2, 0.25) is 0 Å². The molecule has 0 aliphatic heterocycles. The molecule has 2 nitrogen and oxygen atoms in total. The number of benzene rings is 1. The van der Waals surface area contributed by atoms with E-state index in [1.165, 1.54) is 0 Å². The molecule has 0 amide bonds. The van der Waals surface area contributed by atoms with Crippen LogP contribution in [0.5, 0.6) is 5.75 Å². The van der Waals surface area contributed by atoms with Crippen molar-refractivity contribution in [3.63, 3.8) is 0 Å². The Bertz CT molecular complexity index is 374. The largest absolute Gasteiger partial charge is 0.508 e. The molecule has 0 fully saturated rings. The molecular weight excluding hydrogens is 176 g/mol. The van der Waals surface area contributed by atoms with Crippen LogP contribution in [0.3, 0.4) is 0 Å². The van der Waals surface area contributed by atoms with E-state index in [1.807, 2.05) is 24.3 Å². The maximum atomic E-state index is 9.25. The van der Waals surface area contributed by atoms with Crippen molar-refractivity contribution >= 4 is 5.57 Å². The average molecular weight is 188 g/mol. The zero-order valence-electron chi connectivity index (χ0n) is 7.72. The highest BCUT2D eigenvalue weighted by molar-refractivity contribution is 5.75. The van der Waals surface area contributed by atoms with Gasteiger partial charge < -0.3 is 10.2 Å². The Morgan fingerprint density at radius 1 is 1.14 bits per heavy atom. The molecule has 14 heavy (non-hydrogen) atoms. The fraction of sp³-hybridized carbons (Fsp3) is 0.167. The van der Waals surface area contributed by atoms with E-state index < -0.39 is 0 Å². The summed E-state index contributed by atoms with van der Waals surface area (Å²) in [6.07, 6.45) is 5.99. The van der Waals surface area contributed by atoms with Gasteiger partial charge in [0.15, 0.2) is 0 Å². The van der Waals surface area contributed by atoms with Crippen LogP contribution >= 0.6 is 0 Å². The number of hydrogen-bond donors (Lipinski definition) is 2. The summed E-state index contributed by atoms with van der Waals surface area (Å²) < 4.78 is 0. The molecule has 1 aromatic carbocycles. The van der Waals surface area contributed by atoms with Crippen LogP contribution in [-0.2, 0) is 0 Å². The number of aromatic hydroxyl groups is 1. The standard InChI is InChI=1S/C12H12O2/c13-11-5-1-9(2-6-11)10-3-7-12(14)8-4-10/h1-7,12-14H,8H2. The third-order valence-corrected chi connectivity index (χ3v) is 2.28. The highest BCUT2D eigenvalue weighted by Crippen LogP contribution is 2.22. The summed E-state index contributed by atoms with van der Waals surface area (Å²) in [5.74, 6) is 0.272. The van der Waals surface area contributed by atoms with Crippen molar-refractivity contribution < 1.29 is 10.2 Å². The number of aliphatic hydroxyl groups is 1. The fourth-order valence-corrected chi connectivity index (χ4v) is 1.48. The molecule has 0 saturated carbocycles. The van der Waals surface area contributed by atoms with Gasteiger partial charge in [0.25, 0.3) is 0 Å². The van der Waals surface area contributed by atoms with E-state index in [2.05, 4.69) is 0 Å². The molecule has 1 aliphatic carbocycles. The van der Waals surface area contributed by atoms with Crippen molar-refractivity contribution in [2.45, 2.75) is 12.5 Å². The molecule has 2 heteroatoms. The third-order valence-electron chi connectivity index (χ3n) is 2.28. The average Bonchev–Trinajstić information content (AvgIpc) is 2.21. The van der Waals surface area contributed by atoms with E-state index >= 15 is 0 Å². The molecule has 0 radical (unpaired) electrons. The summed E-state index contributed by atoms with van der Waals surface area (Å²) in [6.45, 7) is 0. The van der Waals surface area contributed by atoms with Gasteiger partial charge in [0.1, 0.15) is 5.75 Å². The minimum atomic E-state index is -0.351. The molecule has 0 aromatic heterocycles. The molecule has 1 atom stereocenters. The lowest BCUT2D eigenvalue weighted by molar-refractivity contribution is 0.226. The minimum Gasteiger partial charge on any atom is -0.508 e. The molecule has 1 aromatic rings. The van der Waals surface area contributed by atoms with Crippen LogP contribution in [0.2, 0.25) is 0 Å². The summed E-state index contributed by atoms with van der Waals surface area (Å²) in [5, 5.41) is 18.4. The van der Waals surface area contributed by atoms with E-state index in [-0.39, 0.29) is 11.9 Å². The first kappa shape index (κ1) is 9.03. The molecule has 1 aliphatic rings. The quantitative estimate of drug-likeness (QED) is 0.708. The second-order valence-corrected chi connectivity index (χ2v) is 3.37. The van der Waals surface area contributed by atoms with Gasteiger partial charge in [-0.3, -0.25) is 0 Å². The summed E-state index contributed by atoms with van der Waals surface area (Å²) in [6, 6.07) is 7.05. The van der Waals surface area contributed by atoms with Crippen LogP contribution in [0.15, 0.2) is 42.5 Å². The van der Waals surface area contributed by atoms with Crippen LogP contribution in [0.4, 0.5) is 0 Å². The highest BCUT2D eigenvalue weighted by atomic mass is 16.3. The number of aliphatic hydroxyl groups excluding tert-OH is 1. The Kier molecular flexibility index (Phi) is 2.37. The van der Waals surface area contributed by atoms with Crippen LogP contribution < -0.4 is 0 Å². The Balaban J connectivity index is 2.24. The Labute approximate surface area is 82.8 Å². The number of phenols is 1. The maximum Gasteiger partial charge on any atom is 0.115 e. The van der Waals surface area contributed by atoms with Gasteiger partial charge in [-0.25, -0.2) is 0 Å². The monoisotopic (exact) mass is 188 g/mol. The Hall–Kier alpha value is -1.54. The summed E-state index contributed by atoms with van der Waals surface area (Å²) in [4.78, 5) is 0. The van der Waals surface area contributed by atoms with Gasteiger partial charge in [0, 0.05) is 0 Å². The summed E-state index contributed by atoms with van der Waals surface area (Å²) >= 11 is 0. The van der Waals surface area contributed by atoms with Gasteiger partial charge >= 0.3 is 0 Å². The van der Waals surface area contributed by atoms with Crippen molar-refractivity contribution in [3.05, 3.63) is 48.1 Å². The van der Waals surface area contributed by atoms with Crippen molar-refractivity contribution in [1.82, 2.24) is 0 Å². The van der Waals surface area contributed by atoms with Gasteiger partial charge in [-0.15, -0.1) is 0 Å². The smallest absolute Gasteiger partial charge is 0.115 e. The molecule has 2 rings (SSSR count). The SMILES string of the molecule is Oc1ccc(C2=CCC(O)C=C2)cc1. The molecule has 0 heterocycles. The van der Waals surface area contributed by atoms with Gasteiger partial charge in [0.05, 0.1) is 6.10 Å². The van der Waals surface area contributed by atoms with E-state index in [1.54, 1.807) is 18.2 Å². The fourth-order valence-electron chi connectivity index (χ4n) is 1.48. The lowest BCUT2D eigenvalue weighted by atomic mass is 9.98. The zero-order chi connectivity index (χ0) is 9.97. The maximum absolute atomic E-state index is 9.25. The predicted molar refractivity (Wildman–Crippen MR) is 55.8 cm³/mol. The van der Waals surface area contributed by atoms with Gasteiger partial charge in [-0.1, -0.05) is 30.4 Å². The van der Waals surface area contributed by atoms with Gasteiger partial charge in [-0.05, 0) is 29.7 Å². The second kappa shape index (κ2) is 3.68. The minimum absolute atomic E-state index is 0.272. The van der Waals surface area contributed by atoms with Crippen LogP contribution in [0, 0.1) is 0 Å². The Morgan fingerprint density at radius 2 is 1.86 bits per heavy atom. The highest BCUT2D eigenvalue weighted by Gasteiger charge is 2.05. The molecule has 72 valence electrons. The normalized spacial score (nSPS) is 20.6. The number of phenolic OH excluding ortho intramolecular Hbond substituents is 1. The molecule has 0 spiro atoms. The number of hydrogen-bond acceptors (Lipinski definition) is 2. The van der Waals surface area contributed by atoms with E-state index in [0.717, 1.165) is 11.1 Å². The number of rotatable bonds is 1. The first-order valence-corrected chi connectivity index (χ1v) is 4.61. The van der Waals surface area contributed by atoms with Crippen molar-refractivity contribution in [1.29, 1.82) is 0 Å². The van der Waals surface area contributed by atoms with Gasteiger partial charge in [-0.2, -0.15) is 0 Å². The molecule has 0 saturated heterocycles. The van der Waals surface area contributed by atoms with Crippen molar-refractivity contribution in [2.75, 3.05) is 0 Å². The third kappa shape index (κ3) is 1.86. The Morgan fingerprint density at radius 3 is 2.43 bits per heavy atom. The van der Waals surface area contributed by atoms with E-state index in [9.17, 15) is 5.11 Å². The molecule has 0 bridgehead atoms. The lowest BCUT2D eigenvalue weighted by Crippen LogP contribution is -2.03. The van der Waals surface area contributed by atoms with Crippen LogP contribution in [0.1, 0.15) is 12.0 Å². The van der Waals surface area contributed by atoms with E-state index in [4.69, 9.17) is 5.11 Å². The van der Waals surface area contributed by atoms with Crippen LogP contribution in [0.25, 0.3) is 5.57 Å². The predicted octanol–water partition coefficient (Wildman–Crippen LogP) is 2.10. The lowest BCUT2D eigenvalue weighted by Gasteiger charge is -2.11. The van der Waals surface area contributed by atoms with Crippen molar-refractivity contribution in [2.24, 2.45) is 0 Å². The van der Waals surface area contributed by atoms with Crippen molar-refractivity contribution in [3.8, 4) is 5.75 Å². The summed E-state index contributed by atoms with van der Waals surface area (Å²) in [7, 11) is 0. The zero-order valence-corrected chi connectivity index (χ0v) is 7.72. The molecule has 1 unspecified atom stereocenters. The molecule has 2 N–H and O–H groups in total. The summed E-state index contributed by atoms with van der Waals surface area (Å²) in [5.41, 5.74) is 2.15. The first-order valence-electron chi connectivity index (χ1n) is 4.61. The second-order valence-electron chi connectivity index (χ2n) is 3.37. The molecular formula is C12H12O2. The van der Waals surface area contributed by atoms with Crippen LogP contribution in [-0.4, -0.2) is 16.3 Å². The number of allylic oxidation sites excluding steroid dienone is 2. The topological polar surface area (TPSA) is 40.5 Å². The first-order chi connectivity index (χ1) is 6.75. The van der Waals surface area contributed by atoms with E-state index in [0.29, 0.717) is 6.42 Å².